The van der Waals surface area contributed by atoms with Gasteiger partial charge in [0.2, 0.25) is 0 Å². The fourth-order valence-electron chi connectivity index (χ4n) is 2.74. The highest BCUT2D eigenvalue weighted by Crippen LogP contribution is 2.31. The van der Waals surface area contributed by atoms with Crippen molar-refractivity contribution in [3.05, 3.63) is 35.4 Å². The second-order valence-electron chi connectivity index (χ2n) is 5.93. The van der Waals surface area contributed by atoms with Crippen molar-refractivity contribution in [2.24, 2.45) is 10.7 Å². The van der Waals surface area contributed by atoms with E-state index in [9.17, 15) is 13.2 Å². The summed E-state index contributed by atoms with van der Waals surface area (Å²) in [5.41, 5.74) is 5.95. The molecule has 0 spiro atoms. The Hall–Kier alpha value is -1.84. The Morgan fingerprint density at radius 3 is 2.54 bits per heavy atom. The molecule has 3 N–H and O–H groups in total. The largest absolute Gasteiger partial charge is 0.416 e. The second kappa shape index (κ2) is 9.75. The summed E-state index contributed by atoms with van der Waals surface area (Å²) in [7, 11) is 1.59. The average Bonchev–Trinajstić information content (AvgIpc) is 2.63. The van der Waals surface area contributed by atoms with Gasteiger partial charge in [0, 0.05) is 26.7 Å². The van der Waals surface area contributed by atoms with Crippen molar-refractivity contribution in [1.29, 1.82) is 0 Å². The number of nitrogens with two attached hydrogens (primary N) is 1. The van der Waals surface area contributed by atoms with Gasteiger partial charge in [-0.2, -0.15) is 13.2 Å². The van der Waals surface area contributed by atoms with Gasteiger partial charge < -0.3 is 20.5 Å². The van der Waals surface area contributed by atoms with Gasteiger partial charge in [-0.3, -0.25) is 9.89 Å². The highest BCUT2D eigenvalue weighted by Gasteiger charge is 2.31. The molecule has 1 unspecified atom stereocenters. The molecule has 0 radical (unpaired) electrons. The molecule has 1 atom stereocenters. The molecule has 1 aliphatic heterocycles. The fourth-order valence-corrected chi connectivity index (χ4v) is 2.74. The van der Waals surface area contributed by atoms with E-state index in [1.165, 1.54) is 12.1 Å². The molecule has 1 aliphatic rings. The lowest BCUT2D eigenvalue weighted by Gasteiger charge is -2.34. The quantitative estimate of drug-likeness (QED) is 0.431. The third-order valence-electron chi connectivity index (χ3n) is 4.16. The number of hydrogen-bond acceptors (Lipinski definition) is 4. The van der Waals surface area contributed by atoms with E-state index in [2.05, 4.69) is 15.2 Å². The van der Waals surface area contributed by atoms with E-state index in [4.69, 9.17) is 15.2 Å². The normalized spacial score (nSPS) is 17.9. The molecule has 146 valence electrons. The Labute approximate surface area is 151 Å². The Morgan fingerprint density at radius 1 is 1.31 bits per heavy atom. The first-order chi connectivity index (χ1) is 12.4. The summed E-state index contributed by atoms with van der Waals surface area (Å²) in [4.78, 5) is 6.49. The summed E-state index contributed by atoms with van der Waals surface area (Å²) in [6.45, 7) is 3.94. The molecule has 0 aromatic heterocycles. The summed E-state index contributed by atoms with van der Waals surface area (Å²) >= 11 is 0. The molecule has 26 heavy (non-hydrogen) atoms. The number of ether oxygens (including phenoxy) is 2. The average molecular weight is 374 g/mol. The molecule has 9 heteroatoms. The van der Waals surface area contributed by atoms with Crippen LogP contribution in [0.25, 0.3) is 0 Å². The van der Waals surface area contributed by atoms with Crippen LogP contribution in [0.5, 0.6) is 0 Å². The van der Waals surface area contributed by atoms with Gasteiger partial charge in [0.25, 0.3) is 0 Å². The van der Waals surface area contributed by atoms with E-state index in [0.717, 1.165) is 17.7 Å². The molecule has 0 aliphatic carbocycles. The van der Waals surface area contributed by atoms with E-state index in [0.29, 0.717) is 46.0 Å². The Morgan fingerprint density at radius 2 is 1.96 bits per heavy atom. The lowest BCUT2D eigenvalue weighted by molar-refractivity contribution is -0.137. The number of benzene rings is 1. The fraction of sp³-hybridized carbons (Fsp3) is 0.588. The molecule has 6 nitrogen and oxygen atoms in total. The summed E-state index contributed by atoms with van der Waals surface area (Å²) < 4.78 is 48.7. The Kier molecular flexibility index (Phi) is 7.67. The molecule has 1 aromatic rings. The van der Waals surface area contributed by atoms with Crippen LogP contribution in [0, 0.1) is 0 Å². The zero-order chi connectivity index (χ0) is 19.0. The number of aliphatic imine (C=N–C) groups is 1. The molecule has 0 saturated carbocycles. The third kappa shape index (κ3) is 6.15. The maximum Gasteiger partial charge on any atom is 0.416 e. The summed E-state index contributed by atoms with van der Waals surface area (Å²) in [5, 5.41) is 2.93. The number of nitrogens with zero attached hydrogens (tertiary/aromatic N) is 2. The molecule has 1 saturated heterocycles. The van der Waals surface area contributed by atoms with Crippen molar-refractivity contribution in [2.45, 2.75) is 12.2 Å². The van der Waals surface area contributed by atoms with Gasteiger partial charge >= 0.3 is 6.18 Å². The first-order valence-electron chi connectivity index (χ1n) is 8.43. The van der Waals surface area contributed by atoms with Crippen molar-refractivity contribution in [3.8, 4) is 0 Å². The first-order valence-corrected chi connectivity index (χ1v) is 8.43. The standard InChI is InChI=1S/C17H25F3N4O2/c1-25-9-6-22-16(21)23-12-15(24-7-10-26-11-8-24)13-2-4-14(5-3-13)17(18,19)20/h2-5,15H,6-12H2,1H3,(H3,21,22,23). The second-order valence-corrected chi connectivity index (χ2v) is 5.93. The Balaban J connectivity index is 2.11. The zero-order valence-corrected chi connectivity index (χ0v) is 14.8. The number of alkyl halides is 3. The van der Waals surface area contributed by atoms with Crippen LogP contribution in [0.2, 0.25) is 0 Å². The molecule has 1 heterocycles. The molecule has 0 bridgehead atoms. The van der Waals surface area contributed by atoms with Crippen LogP contribution in [0.1, 0.15) is 17.2 Å². The number of nitrogens with one attached hydrogen (secondary N) is 1. The van der Waals surface area contributed by atoms with Gasteiger partial charge in [0.05, 0.1) is 38.0 Å². The van der Waals surface area contributed by atoms with E-state index in [-0.39, 0.29) is 12.0 Å². The van der Waals surface area contributed by atoms with E-state index >= 15 is 0 Å². The summed E-state index contributed by atoms with van der Waals surface area (Å²) in [6.07, 6.45) is -4.35. The smallest absolute Gasteiger partial charge is 0.383 e. The van der Waals surface area contributed by atoms with Crippen molar-refractivity contribution in [1.82, 2.24) is 10.2 Å². The molecule has 0 amide bonds. The van der Waals surface area contributed by atoms with Crippen LogP contribution in [0.4, 0.5) is 13.2 Å². The minimum absolute atomic E-state index is 0.163. The Bertz CT molecular complexity index is 572. The summed E-state index contributed by atoms with van der Waals surface area (Å²) in [5.74, 6) is 0.284. The SMILES string of the molecule is COCCNC(N)=NCC(c1ccc(C(F)(F)F)cc1)N1CCOCC1. The first kappa shape index (κ1) is 20.5. The van der Waals surface area contributed by atoms with Gasteiger partial charge in [-0.1, -0.05) is 12.1 Å². The number of methoxy groups -OCH3 is 1. The van der Waals surface area contributed by atoms with Crippen molar-refractivity contribution < 1.29 is 22.6 Å². The van der Waals surface area contributed by atoms with E-state index in [1.807, 2.05) is 0 Å². The van der Waals surface area contributed by atoms with Crippen molar-refractivity contribution >= 4 is 5.96 Å². The predicted octanol–water partition coefficient (Wildman–Crippen LogP) is 1.63. The zero-order valence-electron chi connectivity index (χ0n) is 14.8. The highest BCUT2D eigenvalue weighted by atomic mass is 19.4. The lowest BCUT2D eigenvalue weighted by Crippen LogP contribution is -2.41. The van der Waals surface area contributed by atoms with Crippen LogP contribution in [-0.4, -0.2) is 64.0 Å². The molecule has 1 fully saturated rings. The van der Waals surface area contributed by atoms with Gasteiger partial charge in [-0.05, 0) is 17.7 Å². The lowest BCUT2D eigenvalue weighted by atomic mass is 10.0. The van der Waals surface area contributed by atoms with Gasteiger partial charge in [0.15, 0.2) is 5.96 Å². The van der Waals surface area contributed by atoms with Crippen molar-refractivity contribution in [2.75, 3.05) is 53.1 Å². The van der Waals surface area contributed by atoms with Gasteiger partial charge in [-0.15, -0.1) is 0 Å². The van der Waals surface area contributed by atoms with Gasteiger partial charge in [0.1, 0.15) is 0 Å². The monoisotopic (exact) mass is 374 g/mol. The van der Waals surface area contributed by atoms with Crippen LogP contribution in [0.3, 0.4) is 0 Å². The van der Waals surface area contributed by atoms with Crippen LogP contribution in [0.15, 0.2) is 29.3 Å². The van der Waals surface area contributed by atoms with E-state index < -0.39 is 11.7 Å². The highest BCUT2D eigenvalue weighted by molar-refractivity contribution is 5.77. The number of rotatable bonds is 7. The number of hydrogen-bond donors (Lipinski definition) is 2. The van der Waals surface area contributed by atoms with Crippen LogP contribution in [-0.2, 0) is 15.7 Å². The van der Waals surface area contributed by atoms with Crippen molar-refractivity contribution in [3.63, 3.8) is 0 Å². The number of morpholine rings is 1. The maximum atomic E-state index is 12.8. The van der Waals surface area contributed by atoms with Crippen LogP contribution >= 0.6 is 0 Å². The molecular formula is C17H25F3N4O2. The third-order valence-corrected chi connectivity index (χ3v) is 4.16. The molecular weight excluding hydrogens is 349 g/mol. The van der Waals surface area contributed by atoms with Crippen LogP contribution < -0.4 is 11.1 Å². The maximum absolute atomic E-state index is 12.8. The molecule has 2 rings (SSSR count). The minimum Gasteiger partial charge on any atom is -0.383 e. The van der Waals surface area contributed by atoms with Gasteiger partial charge in [-0.25, -0.2) is 0 Å². The predicted molar refractivity (Wildman–Crippen MR) is 92.9 cm³/mol. The minimum atomic E-state index is -4.35. The summed E-state index contributed by atoms with van der Waals surface area (Å²) in [6, 6.07) is 5.06. The number of guanidine groups is 1. The van der Waals surface area contributed by atoms with E-state index in [1.54, 1.807) is 7.11 Å². The number of halogens is 3. The molecule has 1 aromatic carbocycles. The topological polar surface area (TPSA) is 72.1 Å².